The van der Waals surface area contributed by atoms with E-state index in [1.165, 1.54) is 6.42 Å². The van der Waals surface area contributed by atoms with Gasteiger partial charge < -0.3 is 9.64 Å². The first-order chi connectivity index (χ1) is 7.00. The molecule has 2 nitrogen and oxygen atoms in total. The van der Waals surface area contributed by atoms with Crippen molar-refractivity contribution >= 4 is 0 Å². The molecule has 0 aromatic carbocycles. The zero-order chi connectivity index (χ0) is 11.3. The molecule has 1 saturated heterocycles. The normalized spacial score (nSPS) is 19.8. The van der Waals surface area contributed by atoms with Gasteiger partial charge in [-0.2, -0.15) is 13.2 Å². The van der Waals surface area contributed by atoms with Crippen LogP contribution in [0.2, 0.25) is 0 Å². The Bertz CT molecular complexity index is 178. The number of halogens is 3. The van der Waals surface area contributed by atoms with Gasteiger partial charge in [-0.1, -0.05) is 6.42 Å². The van der Waals surface area contributed by atoms with Crippen molar-refractivity contribution in [3.8, 4) is 0 Å². The molecular weight excluding hydrogens is 207 g/mol. The fraction of sp³-hybridized carbons (Fsp3) is 0.900. The Labute approximate surface area is 88.4 Å². The van der Waals surface area contributed by atoms with Crippen molar-refractivity contribution in [2.75, 3.05) is 26.2 Å². The van der Waals surface area contributed by atoms with Gasteiger partial charge in [0, 0.05) is 6.54 Å². The van der Waals surface area contributed by atoms with Gasteiger partial charge in [-0.25, -0.2) is 0 Å². The Balaban J connectivity index is 2.10. The number of ether oxygens (including phenoxy) is 1. The molecule has 0 aromatic rings. The van der Waals surface area contributed by atoms with Crippen LogP contribution in [0.3, 0.4) is 0 Å². The number of likely N-dealkylation sites (tertiary alicyclic amines) is 1. The molecule has 0 saturated carbocycles. The van der Waals surface area contributed by atoms with E-state index >= 15 is 0 Å². The molecular formula is C10H17F3NO. The van der Waals surface area contributed by atoms with Gasteiger partial charge in [-0.15, -0.1) is 0 Å². The van der Waals surface area contributed by atoms with Crippen LogP contribution in [0.4, 0.5) is 13.2 Å². The molecule has 0 N–H and O–H groups in total. The highest BCUT2D eigenvalue weighted by molar-refractivity contribution is 4.81. The van der Waals surface area contributed by atoms with Crippen molar-refractivity contribution in [2.24, 2.45) is 0 Å². The molecule has 5 heteroatoms. The first-order valence-electron chi connectivity index (χ1n) is 5.26. The second-order valence-electron chi connectivity index (χ2n) is 3.80. The van der Waals surface area contributed by atoms with Gasteiger partial charge >= 0.3 is 6.18 Å². The molecule has 0 unspecified atom stereocenters. The molecule has 1 aliphatic rings. The summed E-state index contributed by atoms with van der Waals surface area (Å²) in [7, 11) is 0. The maximum absolute atomic E-state index is 12.0. The number of hydrogen-bond donors (Lipinski definition) is 0. The van der Waals surface area contributed by atoms with Crippen LogP contribution in [0.15, 0.2) is 0 Å². The predicted molar refractivity (Wildman–Crippen MR) is 51.2 cm³/mol. The largest absolute Gasteiger partial charge is 0.420 e. The minimum atomic E-state index is -4.32. The minimum absolute atomic E-state index is 0.130. The van der Waals surface area contributed by atoms with Crippen molar-refractivity contribution in [1.82, 2.24) is 4.90 Å². The molecule has 1 radical (unpaired) electrons. The lowest BCUT2D eigenvalue weighted by Crippen LogP contribution is -2.33. The monoisotopic (exact) mass is 224 g/mol. The summed E-state index contributed by atoms with van der Waals surface area (Å²) in [6, 6.07) is 0. The van der Waals surface area contributed by atoms with Gasteiger partial charge in [-0.05, 0) is 32.9 Å². The number of piperidine rings is 1. The van der Waals surface area contributed by atoms with Crippen LogP contribution >= 0.6 is 0 Å². The Morgan fingerprint density at radius 3 is 2.33 bits per heavy atom. The second-order valence-corrected chi connectivity index (χ2v) is 3.80. The van der Waals surface area contributed by atoms with Crippen molar-refractivity contribution in [1.29, 1.82) is 0 Å². The van der Waals surface area contributed by atoms with Gasteiger partial charge in [0.2, 0.25) is 0 Å². The molecule has 0 atom stereocenters. The van der Waals surface area contributed by atoms with E-state index in [2.05, 4.69) is 9.64 Å². The fourth-order valence-corrected chi connectivity index (χ4v) is 1.59. The molecule has 0 aromatic heterocycles. The number of hydrogen-bond acceptors (Lipinski definition) is 2. The van der Waals surface area contributed by atoms with Crippen molar-refractivity contribution in [3.63, 3.8) is 0 Å². The topological polar surface area (TPSA) is 12.5 Å². The highest BCUT2D eigenvalue weighted by Gasteiger charge is 2.38. The smallest absolute Gasteiger partial charge is 0.361 e. The summed E-state index contributed by atoms with van der Waals surface area (Å²) in [6.45, 7) is 3.65. The molecule has 0 spiro atoms. The summed E-state index contributed by atoms with van der Waals surface area (Å²) in [4.78, 5) is 2.15. The zero-order valence-electron chi connectivity index (χ0n) is 8.94. The Morgan fingerprint density at radius 1 is 1.20 bits per heavy atom. The van der Waals surface area contributed by atoms with Crippen LogP contribution in [-0.2, 0) is 4.74 Å². The van der Waals surface area contributed by atoms with E-state index in [0.717, 1.165) is 32.9 Å². The quantitative estimate of drug-likeness (QED) is 0.727. The predicted octanol–water partition coefficient (Wildman–Crippen LogP) is 2.60. The SMILES string of the molecule is C[C](OCCN1CCCCC1)C(F)(F)F. The van der Waals surface area contributed by atoms with Crippen LogP contribution < -0.4 is 0 Å². The zero-order valence-corrected chi connectivity index (χ0v) is 8.94. The highest BCUT2D eigenvalue weighted by Crippen LogP contribution is 2.28. The van der Waals surface area contributed by atoms with E-state index in [1.54, 1.807) is 0 Å². The van der Waals surface area contributed by atoms with Crippen molar-refractivity contribution in [3.05, 3.63) is 6.10 Å². The van der Waals surface area contributed by atoms with Gasteiger partial charge in [-0.3, -0.25) is 0 Å². The molecule has 0 bridgehead atoms. The molecule has 1 heterocycles. The van der Waals surface area contributed by atoms with Crippen LogP contribution in [0.1, 0.15) is 26.2 Å². The molecule has 89 valence electrons. The second kappa shape index (κ2) is 5.70. The molecule has 0 amide bonds. The summed E-state index contributed by atoms with van der Waals surface area (Å²) in [5.74, 6) is 0. The van der Waals surface area contributed by atoms with Crippen molar-refractivity contribution < 1.29 is 17.9 Å². The highest BCUT2D eigenvalue weighted by atomic mass is 19.4. The van der Waals surface area contributed by atoms with E-state index in [4.69, 9.17) is 0 Å². The van der Waals surface area contributed by atoms with E-state index in [0.29, 0.717) is 6.54 Å². The average Bonchev–Trinajstić information content (AvgIpc) is 2.18. The lowest BCUT2D eigenvalue weighted by molar-refractivity contribution is -0.165. The van der Waals surface area contributed by atoms with E-state index in [-0.39, 0.29) is 6.61 Å². The van der Waals surface area contributed by atoms with Gasteiger partial charge in [0.25, 0.3) is 0 Å². The average molecular weight is 224 g/mol. The van der Waals surface area contributed by atoms with Crippen LogP contribution in [0.5, 0.6) is 0 Å². The molecule has 15 heavy (non-hydrogen) atoms. The van der Waals surface area contributed by atoms with E-state index in [1.807, 2.05) is 0 Å². The van der Waals surface area contributed by atoms with Gasteiger partial charge in [0.05, 0.1) is 6.61 Å². The first kappa shape index (κ1) is 12.8. The molecule has 1 rings (SSSR count). The fourth-order valence-electron chi connectivity index (χ4n) is 1.59. The molecule has 1 fully saturated rings. The minimum Gasteiger partial charge on any atom is -0.361 e. The third-order valence-corrected chi connectivity index (χ3v) is 2.57. The Morgan fingerprint density at radius 2 is 1.80 bits per heavy atom. The standard InChI is InChI=1S/C10H17F3NO/c1-9(10(11,12)13)15-8-7-14-5-3-2-4-6-14/h2-8H2,1H3. The maximum atomic E-state index is 12.0. The van der Waals surface area contributed by atoms with Crippen molar-refractivity contribution in [2.45, 2.75) is 32.4 Å². The van der Waals surface area contributed by atoms with E-state index in [9.17, 15) is 13.2 Å². The molecule has 0 aliphatic carbocycles. The maximum Gasteiger partial charge on any atom is 0.420 e. The summed E-state index contributed by atoms with van der Waals surface area (Å²) in [5, 5.41) is 0. The summed E-state index contributed by atoms with van der Waals surface area (Å²) in [6.07, 6.45) is -1.66. The number of rotatable bonds is 4. The van der Waals surface area contributed by atoms with Crippen LogP contribution in [-0.4, -0.2) is 37.3 Å². The van der Waals surface area contributed by atoms with Gasteiger partial charge in [0.1, 0.15) is 0 Å². The van der Waals surface area contributed by atoms with Gasteiger partial charge in [0.15, 0.2) is 6.10 Å². The van der Waals surface area contributed by atoms with Crippen LogP contribution in [0, 0.1) is 6.10 Å². The summed E-state index contributed by atoms with van der Waals surface area (Å²) < 4.78 is 40.8. The van der Waals surface area contributed by atoms with E-state index < -0.39 is 12.3 Å². The summed E-state index contributed by atoms with van der Waals surface area (Å²) >= 11 is 0. The molecule has 1 aliphatic heterocycles. The third-order valence-electron chi connectivity index (χ3n) is 2.57. The Hall–Kier alpha value is -0.290. The first-order valence-corrected chi connectivity index (χ1v) is 5.26. The van der Waals surface area contributed by atoms with Crippen LogP contribution in [0.25, 0.3) is 0 Å². The Kier molecular flexibility index (Phi) is 4.86. The lowest BCUT2D eigenvalue weighted by Gasteiger charge is -2.26. The third kappa shape index (κ3) is 4.84. The number of alkyl halides is 3. The number of nitrogens with zero attached hydrogens (tertiary/aromatic N) is 1. The lowest BCUT2D eigenvalue weighted by atomic mass is 10.1. The summed E-state index contributed by atoms with van der Waals surface area (Å²) in [5.41, 5.74) is 0.